The Morgan fingerprint density at radius 2 is 1.60 bits per heavy atom. The van der Waals surface area contributed by atoms with Gasteiger partial charge in [0.05, 0.1) is 12.1 Å². The first-order chi connectivity index (χ1) is 14.6. The molecule has 0 aromatic heterocycles. The van der Waals surface area contributed by atoms with Crippen molar-refractivity contribution in [3.63, 3.8) is 0 Å². The third kappa shape index (κ3) is 5.67. The number of amides is 2. The Balaban J connectivity index is 1.65. The summed E-state index contributed by atoms with van der Waals surface area (Å²) in [5, 5.41) is 2.76. The Labute approximate surface area is 175 Å². The molecule has 3 rings (SSSR count). The summed E-state index contributed by atoms with van der Waals surface area (Å²) in [6, 6.07) is 22.0. The molecule has 0 atom stereocenters. The minimum absolute atomic E-state index is 0.0871. The van der Waals surface area contributed by atoms with Gasteiger partial charge in [0.2, 0.25) is 5.91 Å². The van der Waals surface area contributed by atoms with Crippen molar-refractivity contribution < 1.29 is 18.7 Å². The highest BCUT2D eigenvalue weighted by Crippen LogP contribution is 2.26. The van der Waals surface area contributed by atoms with E-state index in [1.165, 1.54) is 17.0 Å². The third-order valence-corrected chi connectivity index (χ3v) is 4.49. The number of benzene rings is 3. The number of rotatable bonds is 8. The topological polar surface area (TPSA) is 58.6 Å². The molecular weight excluding hydrogens is 383 g/mol. The monoisotopic (exact) mass is 406 g/mol. The van der Waals surface area contributed by atoms with E-state index in [1.807, 2.05) is 37.3 Å². The molecule has 154 valence electrons. The zero-order valence-electron chi connectivity index (χ0n) is 16.7. The predicted octanol–water partition coefficient (Wildman–Crippen LogP) is 4.40. The van der Waals surface area contributed by atoms with Gasteiger partial charge in [-0.3, -0.25) is 9.59 Å². The van der Waals surface area contributed by atoms with Crippen LogP contribution in [0.3, 0.4) is 0 Å². The van der Waals surface area contributed by atoms with E-state index >= 15 is 0 Å². The van der Waals surface area contributed by atoms with Crippen LogP contribution in [0.5, 0.6) is 11.5 Å². The molecule has 30 heavy (non-hydrogen) atoms. The van der Waals surface area contributed by atoms with Crippen molar-refractivity contribution in [1.29, 1.82) is 0 Å². The van der Waals surface area contributed by atoms with Crippen molar-refractivity contribution in [3.05, 3.63) is 95.8 Å². The van der Waals surface area contributed by atoms with Gasteiger partial charge in [0, 0.05) is 13.1 Å². The van der Waals surface area contributed by atoms with Crippen LogP contribution in [0.15, 0.2) is 78.9 Å². The maximum atomic E-state index is 13.1. The summed E-state index contributed by atoms with van der Waals surface area (Å²) in [6.07, 6.45) is 0. The molecule has 1 N–H and O–H groups in total. The van der Waals surface area contributed by atoms with Crippen molar-refractivity contribution in [2.45, 2.75) is 13.5 Å². The van der Waals surface area contributed by atoms with Crippen LogP contribution in [-0.2, 0) is 11.3 Å². The van der Waals surface area contributed by atoms with Gasteiger partial charge < -0.3 is 15.0 Å². The molecule has 0 unspecified atom stereocenters. The van der Waals surface area contributed by atoms with Gasteiger partial charge in [-0.2, -0.15) is 0 Å². The van der Waals surface area contributed by atoms with Gasteiger partial charge in [0.15, 0.2) is 0 Å². The smallest absolute Gasteiger partial charge is 0.258 e. The lowest BCUT2D eigenvalue weighted by molar-refractivity contribution is -0.121. The summed E-state index contributed by atoms with van der Waals surface area (Å²) in [6.45, 7) is 2.35. The maximum Gasteiger partial charge on any atom is 0.258 e. The number of carbonyl (C=O) groups is 2. The molecule has 0 aliphatic rings. The van der Waals surface area contributed by atoms with E-state index in [9.17, 15) is 14.0 Å². The standard InChI is InChI=1S/C24H23FN2O3/c1-2-27(17-23(28)26-16-18-12-14-19(25)15-13-18)24(29)21-10-6-7-11-22(21)30-20-8-4-3-5-9-20/h3-15H,2,16-17H2,1H3,(H,26,28). The summed E-state index contributed by atoms with van der Waals surface area (Å²) in [5.74, 6) is 0.137. The van der Waals surface area contributed by atoms with E-state index in [-0.39, 0.29) is 30.7 Å². The molecule has 0 saturated carbocycles. The Bertz CT molecular complexity index is 991. The first kappa shape index (κ1) is 21.0. The summed E-state index contributed by atoms with van der Waals surface area (Å²) in [5.41, 5.74) is 1.16. The first-order valence-electron chi connectivity index (χ1n) is 9.69. The van der Waals surface area contributed by atoms with Gasteiger partial charge in [-0.25, -0.2) is 4.39 Å². The second kappa shape index (κ2) is 10.2. The van der Waals surface area contributed by atoms with Crippen LogP contribution in [0.2, 0.25) is 0 Å². The number of likely N-dealkylation sites (N-methyl/N-ethyl adjacent to an activating group) is 1. The van der Waals surface area contributed by atoms with Gasteiger partial charge in [0.25, 0.3) is 5.91 Å². The van der Waals surface area contributed by atoms with Gasteiger partial charge >= 0.3 is 0 Å². The highest BCUT2D eigenvalue weighted by atomic mass is 19.1. The number of carbonyl (C=O) groups excluding carboxylic acids is 2. The average Bonchev–Trinajstić information content (AvgIpc) is 2.78. The summed E-state index contributed by atoms with van der Waals surface area (Å²) in [4.78, 5) is 26.9. The summed E-state index contributed by atoms with van der Waals surface area (Å²) < 4.78 is 18.8. The molecular formula is C24H23FN2O3. The summed E-state index contributed by atoms with van der Waals surface area (Å²) in [7, 11) is 0. The number of ether oxygens (including phenoxy) is 1. The number of para-hydroxylation sites is 2. The van der Waals surface area contributed by atoms with Crippen LogP contribution in [-0.4, -0.2) is 29.8 Å². The molecule has 0 radical (unpaired) electrons. The largest absolute Gasteiger partial charge is 0.457 e. The van der Waals surface area contributed by atoms with Crippen LogP contribution in [0, 0.1) is 5.82 Å². The van der Waals surface area contributed by atoms with Crippen molar-refractivity contribution in [2.24, 2.45) is 0 Å². The second-order valence-corrected chi connectivity index (χ2v) is 6.63. The molecule has 0 bridgehead atoms. The fourth-order valence-corrected chi connectivity index (χ4v) is 2.88. The molecule has 0 saturated heterocycles. The molecule has 5 nitrogen and oxygen atoms in total. The molecule has 6 heteroatoms. The Morgan fingerprint density at radius 1 is 0.933 bits per heavy atom. The minimum atomic E-state index is -0.329. The van der Waals surface area contributed by atoms with Gasteiger partial charge in [-0.05, 0) is 48.9 Å². The number of hydrogen-bond donors (Lipinski definition) is 1. The number of hydrogen-bond acceptors (Lipinski definition) is 3. The minimum Gasteiger partial charge on any atom is -0.457 e. The number of halogens is 1. The van der Waals surface area contributed by atoms with Gasteiger partial charge in [-0.15, -0.1) is 0 Å². The quantitative estimate of drug-likeness (QED) is 0.603. The maximum absolute atomic E-state index is 13.1. The van der Waals surface area contributed by atoms with Crippen molar-refractivity contribution in [3.8, 4) is 11.5 Å². The highest BCUT2D eigenvalue weighted by molar-refractivity contribution is 5.98. The average molecular weight is 406 g/mol. The van der Waals surface area contributed by atoms with Crippen molar-refractivity contribution >= 4 is 11.8 Å². The lowest BCUT2D eigenvalue weighted by atomic mass is 10.1. The molecule has 3 aromatic carbocycles. The lowest BCUT2D eigenvalue weighted by Gasteiger charge is -2.22. The molecule has 0 aliphatic carbocycles. The first-order valence-corrected chi connectivity index (χ1v) is 9.69. The van der Waals surface area contributed by atoms with E-state index in [0.29, 0.717) is 23.6 Å². The van der Waals surface area contributed by atoms with Gasteiger partial charge in [0.1, 0.15) is 17.3 Å². The Hall–Kier alpha value is -3.67. The molecule has 0 spiro atoms. The second-order valence-electron chi connectivity index (χ2n) is 6.63. The normalized spacial score (nSPS) is 10.3. The van der Waals surface area contributed by atoms with E-state index < -0.39 is 0 Å². The molecule has 0 fully saturated rings. The molecule has 0 aliphatic heterocycles. The SMILES string of the molecule is CCN(CC(=O)NCc1ccc(F)cc1)C(=O)c1ccccc1Oc1ccccc1. The fourth-order valence-electron chi connectivity index (χ4n) is 2.88. The zero-order valence-corrected chi connectivity index (χ0v) is 16.7. The van der Waals surface area contributed by atoms with Crippen LogP contribution < -0.4 is 10.1 Å². The number of nitrogens with zero attached hydrogens (tertiary/aromatic N) is 1. The van der Waals surface area contributed by atoms with Crippen molar-refractivity contribution in [1.82, 2.24) is 10.2 Å². The van der Waals surface area contributed by atoms with Crippen LogP contribution in [0.4, 0.5) is 4.39 Å². The molecule has 2 amide bonds. The van der Waals surface area contributed by atoms with Gasteiger partial charge in [-0.1, -0.05) is 42.5 Å². The predicted molar refractivity (Wildman–Crippen MR) is 113 cm³/mol. The molecule has 3 aromatic rings. The highest BCUT2D eigenvalue weighted by Gasteiger charge is 2.21. The van der Waals surface area contributed by atoms with E-state index in [4.69, 9.17) is 4.74 Å². The third-order valence-electron chi connectivity index (χ3n) is 4.49. The van der Waals surface area contributed by atoms with Crippen LogP contribution >= 0.6 is 0 Å². The Morgan fingerprint density at radius 3 is 2.30 bits per heavy atom. The number of nitrogens with one attached hydrogen (secondary N) is 1. The van der Waals surface area contributed by atoms with Crippen LogP contribution in [0.1, 0.15) is 22.8 Å². The van der Waals surface area contributed by atoms with E-state index in [2.05, 4.69) is 5.32 Å². The van der Waals surface area contributed by atoms with Crippen LogP contribution in [0.25, 0.3) is 0 Å². The fraction of sp³-hybridized carbons (Fsp3) is 0.167. The van der Waals surface area contributed by atoms with E-state index in [1.54, 1.807) is 36.4 Å². The zero-order chi connectivity index (χ0) is 21.3. The lowest BCUT2D eigenvalue weighted by Crippen LogP contribution is -2.40. The van der Waals surface area contributed by atoms with Crippen molar-refractivity contribution in [2.75, 3.05) is 13.1 Å². The summed E-state index contributed by atoms with van der Waals surface area (Å²) >= 11 is 0. The van der Waals surface area contributed by atoms with E-state index in [0.717, 1.165) is 5.56 Å². The Kier molecular flexibility index (Phi) is 7.16. The molecule has 0 heterocycles.